The monoisotopic (exact) mass is 494 g/mol. The number of non-ortho nitro benzene ring substituents is 1. The van der Waals surface area contributed by atoms with Crippen molar-refractivity contribution in [3.8, 4) is 0 Å². The largest absolute Gasteiger partial charge is 0.478 e. The highest BCUT2D eigenvalue weighted by molar-refractivity contribution is 14.2. The molecule has 1 unspecified atom stereocenters. The van der Waals surface area contributed by atoms with Crippen LogP contribution in [0.15, 0.2) is 12.1 Å². The number of halogens is 1. The summed E-state index contributed by atoms with van der Waals surface area (Å²) < 4.78 is 6.70. The second kappa shape index (κ2) is 7.31. The zero-order chi connectivity index (χ0) is 19.8. The van der Waals surface area contributed by atoms with E-state index in [1.165, 1.54) is 17.6 Å². The molecule has 0 saturated heterocycles. The third kappa shape index (κ3) is 4.04. The fourth-order valence-corrected chi connectivity index (χ4v) is 3.69. The Kier molecular flexibility index (Phi) is 5.71. The molecule has 1 aromatic heterocycles. The number of carbonyl (C=O) groups excluding carboxylic acids is 1. The van der Waals surface area contributed by atoms with Crippen LogP contribution in [0.4, 0.5) is 16.3 Å². The molecule has 0 aliphatic heterocycles. The van der Waals surface area contributed by atoms with E-state index in [-0.39, 0.29) is 28.7 Å². The van der Waals surface area contributed by atoms with Crippen molar-refractivity contribution in [2.75, 3.05) is 11.9 Å². The number of nitro groups is 1. The van der Waals surface area contributed by atoms with Crippen LogP contribution in [0.1, 0.15) is 31.1 Å². The summed E-state index contributed by atoms with van der Waals surface area (Å²) in [6.45, 7) is 5.09. The van der Waals surface area contributed by atoms with Gasteiger partial charge in [-0.25, -0.2) is 14.0 Å². The summed E-state index contributed by atoms with van der Waals surface area (Å²) in [7, 11) is 1.39. The van der Waals surface area contributed by atoms with Gasteiger partial charge in [0.1, 0.15) is 11.0 Å². The van der Waals surface area contributed by atoms with Crippen LogP contribution < -0.4 is 4.90 Å². The van der Waals surface area contributed by atoms with E-state index in [0.717, 1.165) is 11.0 Å². The molecule has 2 rings (SSSR count). The van der Waals surface area contributed by atoms with Crippen molar-refractivity contribution >= 4 is 62.9 Å². The van der Waals surface area contributed by atoms with Gasteiger partial charge in [0.15, 0.2) is 5.82 Å². The molecule has 140 valence electrons. The van der Waals surface area contributed by atoms with Crippen molar-refractivity contribution in [2.24, 2.45) is 0 Å². The van der Waals surface area contributed by atoms with Crippen LogP contribution in [0.2, 0.25) is 0 Å². The van der Waals surface area contributed by atoms with Crippen LogP contribution >= 0.6 is 28.4 Å². The zero-order valence-electron chi connectivity index (χ0n) is 14.3. The molecule has 1 atom stereocenters. The number of hydrogen-bond acceptors (Lipinski definition) is 6. The van der Waals surface area contributed by atoms with Crippen molar-refractivity contribution < 1.29 is 24.4 Å². The molecule has 1 N–H and O–H groups in total. The van der Waals surface area contributed by atoms with Gasteiger partial charge in [0.25, 0.3) is 5.69 Å². The van der Waals surface area contributed by atoms with Gasteiger partial charge >= 0.3 is 12.1 Å². The maximum absolute atomic E-state index is 12.3. The van der Waals surface area contributed by atoms with E-state index in [4.69, 9.17) is 4.74 Å². The topological polar surface area (TPSA) is 128 Å². The molecule has 1 heterocycles. The Bertz CT molecular complexity index is 907. The van der Waals surface area contributed by atoms with Gasteiger partial charge in [-0.3, -0.25) is 15.0 Å². The predicted octanol–water partition coefficient (Wildman–Crippen LogP) is 3.81. The Morgan fingerprint density at radius 3 is 2.50 bits per heavy atom. The zero-order valence-corrected chi connectivity index (χ0v) is 17.5. The number of carbonyl (C=O) groups is 2. The summed E-state index contributed by atoms with van der Waals surface area (Å²) >= 11 is 2.01. The van der Waals surface area contributed by atoms with Gasteiger partial charge in [-0.15, -0.1) is 5.10 Å². The van der Waals surface area contributed by atoms with E-state index in [9.17, 15) is 24.8 Å². The van der Waals surface area contributed by atoms with E-state index in [1.807, 2.05) is 22.0 Å². The average molecular weight is 494 g/mol. The van der Waals surface area contributed by atoms with Crippen molar-refractivity contribution in [2.45, 2.75) is 26.4 Å². The molecule has 0 fully saturated rings. The van der Waals surface area contributed by atoms with Crippen molar-refractivity contribution in [1.29, 1.82) is 0 Å². The van der Waals surface area contributed by atoms with Gasteiger partial charge < -0.3 is 9.84 Å². The highest BCUT2D eigenvalue weighted by atomic mass is 127. The first-order chi connectivity index (χ1) is 12.0. The SMILES string of the molecule is CN(C(=O)OC(C)(C)C)c1nn(PI)c2cc(C(=O)O)cc([N+](=O)[O-])c12. The molecule has 0 radical (unpaired) electrons. The number of nitrogens with zero attached hydrogens (tertiary/aromatic N) is 4. The van der Waals surface area contributed by atoms with E-state index in [1.54, 1.807) is 20.8 Å². The lowest BCUT2D eigenvalue weighted by Gasteiger charge is -2.23. The summed E-state index contributed by atoms with van der Waals surface area (Å²) in [4.78, 5) is 35.5. The Hall–Kier alpha value is -2.01. The molecular formula is C14H16IN4O6P. The third-order valence-electron chi connectivity index (χ3n) is 3.25. The Balaban J connectivity index is 2.73. The Morgan fingerprint density at radius 1 is 1.42 bits per heavy atom. The maximum Gasteiger partial charge on any atom is 0.415 e. The first-order valence-corrected chi connectivity index (χ1v) is 11.3. The first-order valence-electron chi connectivity index (χ1n) is 7.24. The molecular weight excluding hydrogens is 478 g/mol. The van der Waals surface area contributed by atoms with E-state index in [0.29, 0.717) is 0 Å². The summed E-state index contributed by atoms with van der Waals surface area (Å²) in [5.41, 5.74) is -1.16. The number of ether oxygens (including phenoxy) is 1. The number of nitro benzene ring substituents is 1. The summed E-state index contributed by atoms with van der Waals surface area (Å²) in [5.74, 6) is -1.26. The second-order valence-corrected chi connectivity index (χ2v) is 8.35. The summed E-state index contributed by atoms with van der Waals surface area (Å²) in [6, 6.07) is 2.26. The second-order valence-electron chi connectivity index (χ2n) is 6.31. The van der Waals surface area contributed by atoms with E-state index >= 15 is 0 Å². The highest BCUT2D eigenvalue weighted by Gasteiger charge is 2.30. The summed E-state index contributed by atoms with van der Waals surface area (Å²) in [5, 5.41) is 25.0. The van der Waals surface area contributed by atoms with Gasteiger partial charge in [-0.2, -0.15) is 0 Å². The maximum atomic E-state index is 12.3. The number of fused-ring (bicyclic) bond motifs is 1. The molecule has 26 heavy (non-hydrogen) atoms. The fraction of sp³-hybridized carbons (Fsp3) is 0.357. The smallest absolute Gasteiger partial charge is 0.415 e. The fourth-order valence-electron chi connectivity index (χ4n) is 2.19. The number of hydrogen-bond donors (Lipinski definition) is 1. The van der Waals surface area contributed by atoms with Crippen molar-refractivity contribution in [3.05, 3.63) is 27.8 Å². The predicted molar refractivity (Wildman–Crippen MR) is 106 cm³/mol. The molecule has 10 nitrogen and oxygen atoms in total. The minimum absolute atomic E-state index is 0.0297. The quantitative estimate of drug-likeness (QED) is 0.296. The highest BCUT2D eigenvalue weighted by Crippen LogP contribution is 2.39. The normalized spacial score (nSPS) is 11.9. The number of anilines is 1. The molecule has 0 saturated carbocycles. The van der Waals surface area contributed by atoms with Gasteiger partial charge in [0.05, 0.1) is 22.4 Å². The van der Waals surface area contributed by atoms with Gasteiger partial charge in [-0.1, -0.05) is 0 Å². The molecule has 1 aromatic carbocycles. The number of carboxylic acids is 1. The number of rotatable bonds is 4. The van der Waals surface area contributed by atoms with Gasteiger partial charge in [0.2, 0.25) is 0 Å². The average Bonchev–Trinajstić information content (AvgIpc) is 2.89. The minimum Gasteiger partial charge on any atom is -0.478 e. The van der Waals surface area contributed by atoms with Crippen molar-refractivity contribution in [1.82, 2.24) is 9.55 Å². The minimum atomic E-state index is -1.29. The molecule has 12 heteroatoms. The lowest BCUT2D eigenvalue weighted by molar-refractivity contribution is -0.383. The number of amides is 1. The van der Waals surface area contributed by atoms with Crippen LogP contribution in [-0.2, 0) is 4.74 Å². The molecule has 1 amide bonds. The van der Waals surface area contributed by atoms with Gasteiger partial charge in [-0.05, 0) is 48.9 Å². The number of aromatic nitrogens is 2. The Morgan fingerprint density at radius 2 is 2.04 bits per heavy atom. The standard InChI is InChI=1S/C14H16IN4O6P/c1-14(2,3)25-13(22)17(4)11-10-8(18(16-11)26-15)5-7(12(20)21)6-9(10)19(23)24/h5-6,26H,1-4H3,(H,20,21). The van der Waals surface area contributed by atoms with Crippen LogP contribution in [0.25, 0.3) is 10.9 Å². The first kappa shape index (κ1) is 20.3. The molecule has 0 aliphatic rings. The van der Waals surface area contributed by atoms with Gasteiger partial charge in [0, 0.05) is 13.1 Å². The number of benzene rings is 1. The third-order valence-corrected chi connectivity index (χ3v) is 5.12. The molecule has 2 aromatic rings. The number of aromatic carboxylic acids is 1. The van der Waals surface area contributed by atoms with Crippen LogP contribution in [0, 0.1) is 10.1 Å². The van der Waals surface area contributed by atoms with Crippen LogP contribution in [-0.4, -0.2) is 44.3 Å². The lowest BCUT2D eigenvalue weighted by Crippen LogP contribution is -2.34. The molecule has 0 bridgehead atoms. The van der Waals surface area contributed by atoms with E-state index < -0.39 is 28.3 Å². The molecule has 0 aliphatic carbocycles. The van der Waals surface area contributed by atoms with Crippen LogP contribution in [0.5, 0.6) is 0 Å². The lowest BCUT2D eigenvalue weighted by atomic mass is 10.1. The number of carboxylic acid groups (broad SMARTS) is 1. The molecule has 0 spiro atoms. The van der Waals surface area contributed by atoms with E-state index in [2.05, 4.69) is 5.10 Å². The van der Waals surface area contributed by atoms with Crippen LogP contribution in [0.3, 0.4) is 0 Å². The van der Waals surface area contributed by atoms with Crippen molar-refractivity contribution in [3.63, 3.8) is 0 Å². The summed E-state index contributed by atoms with van der Waals surface area (Å²) in [6.07, 6.45) is -0.683. The Labute approximate surface area is 162 Å².